The quantitative estimate of drug-likeness (QED) is 0.453. The molecule has 0 unspecified atom stereocenters. The highest BCUT2D eigenvalue weighted by Crippen LogP contribution is 2.18. The van der Waals surface area contributed by atoms with Crippen molar-refractivity contribution in [3.63, 3.8) is 0 Å². The van der Waals surface area contributed by atoms with E-state index >= 15 is 0 Å². The van der Waals surface area contributed by atoms with E-state index in [2.05, 4.69) is 10.5 Å². The van der Waals surface area contributed by atoms with Gasteiger partial charge in [0.15, 0.2) is 10.7 Å². The van der Waals surface area contributed by atoms with Crippen molar-refractivity contribution in [1.82, 2.24) is 16.0 Å². The van der Waals surface area contributed by atoms with Crippen LogP contribution in [-0.2, 0) is 0 Å². The highest BCUT2D eigenvalue weighted by molar-refractivity contribution is 7.80. The van der Waals surface area contributed by atoms with Gasteiger partial charge in [-0.15, -0.1) is 0 Å². The molecule has 3 rings (SSSR count). The SMILES string of the molecule is C[C@H](CNC(=O)c1cccc2ccccc12)Oc1cc(C(=S)NO)on1. The maximum atomic E-state index is 12.5. The number of nitrogens with one attached hydrogen (secondary N) is 2. The molecule has 8 heteroatoms. The summed E-state index contributed by atoms with van der Waals surface area (Å²) in [5.41, 5.74) is 2.42. The molecule has 0 fully saturated rings. The number of fused-ring (bicyclic) bond motifs is 1. The lowest BCUT2D eigenvalue weighted by Crippen LogP contribution is -2.33. The second-order valence-corrected chi connectivity index (χ2v) is 6.04. The number of hydrogen-bond donors (Lipinski definition) is 3. The summed E-state index contributed by atoms with van der Waals surface area (Å²) in [6.07, 6.45) is -0.345. The number of carbonyl (C=O) groups is 1. The van der Waals surface area contributed by atoms with Gasteiger partial charge in [-0.3, -0.25) is 15.5 Å². The molecule has 0 aliphatic carbocycles. The molecule has 0 spiro atoms. The zero-order valence-electron chi connectivity index (χ0n) is 13.9. The lowest BCUT2D eigenvalue weighted by atomic mass is 10.0. The fraction of sp³-hybridized carbons (Fsp3) is 0.167. The molecule has 0 aliphatic heterocycles. The number of ether oxygens (including phenoxy) is 1. The van der Waals surface area contributed by atoms with Crippen LogP contribution in [0.15, 0.2) is 53.1 Å². The molecule has 0 bridgehead atoms. The van der Waals surface area contributed by atoms with E-state index in [0.29, 0.717) is 5.56 Å². The topological polar surface area (TPSA) is 96.6 Å². The molecular weight excluding hydrogens is 354 g/mol. The summed E-state index contributed by atoms with van der Waals surface area (Å²) in [4.78, 5) is 12.5. The van der Waals surface area contributed by atoms with E-state index in [1.807, 2.05) is 36.4 Å². The van der Waals surface area contributed by atoms with Crippen LogP contribution in [0.4, 0.5) is 0 Å². The second kappa shape index (κ2) is 7.94. The van der Waals surface area contributed by atoms with E-state index in [1.165, 1.54) is 6.07 Å². The molecule has 1 amide bonds. The van der Waals surface area contributed by atoms with Gasteiger partial charge >= 0.3 is 0 Å². The minimum absolute atomic E-state index is 0.00395. The predicted octanol–water partition coefficient (Wildman–Crippen LogP) is 2.68. The van der Waals surface area contributed by atoms with Crippen LogP contribution in [0.3, 0.4) is 0 Å². The van der Waals surface area contributed by atoms with Gasteiger partial charge in [0.25, 0.3) is 11.8 Å². The Hall–Kier alpha value is -2.97. The number of thiocarbonyl (C=S) groups is 1. The number of hydroxylamine groups is 1. The van der Waals surface area contributed by atoms with Crippen molar-refractivity contribution in [1.29, 1.82) is 0 Å². The first-order valence-electron chi connectivity index (χ1n) is 7.92. The summed E-state index contributed by atoms with van der Waals surface area (Å²) in [7, 11) is 0. The van der Waals surface area contributed by atoms with Crippen molar-refractivity contribution in [2.45, 2.75) is 13.0 Å². The lowest BCUT2D eigenvalue weighted by Gasteiger charge is -2.14. The van der Waals surface area contributed by atoms with Gasteiger partial charge in [0.05, 0.1) is 12.6 Å². The zero-order valence-corrected chi connectivity index (χ0v) is 14.7. The smallest absolute Gasteiger partial charge is 0.255 e. The lowest BCUT2D eigenvalue weighted by molar-refractivity contribution is 0.0931. The van der Waals surface area contributed by atoms with Gasteiger partial charge in [-0.2, -0.15) is 0 Å². The molecule has 3 N–H and O–H groups in total. The highest BCUT2D eigenvalue weighted by Gasteiger charge is 2.14. The van der Waals surface area contributed by atoms with Crippen LogP contribution < -0.4 is 15.5 Å². The van der Waals surface area contributed by atoms with Crippen molar-refractivity contribution < 1.29 is 19.3 Å². The summed E-state index contributed by atoms with van der Waals surface area (Å²) < 4.78 is 10.5. The van der Waals surface area contributed by atoms with Crippen LogP contribution in [0.5, 0.6) is 5.88 Å². The Morgan fingerprint density at radius 3 is 2.88 bits per heavy atom. The summed E-state index contributed by atoms with van der Waals surface area (Å²) >= 11 is 4.82. The van der Waals surface area contributed by atoms with Crippen molar-refractivity contribution >= 4 is 33.9 Å². The summed E-state index contributed by atoms with van der Waals surface area (Å²) in [6, 6.07) is 14.8. The number of amides is 1. The number of hydrogen-bond acceptors (Lipinski definition) is 6. The third-order valence-electron chi connectivity index (χ3n) is 3.72. The molecule has 1 atom stereocenters. The Morgan fingerprint density at radius 2 is 2.08 bits per heavy atom. The van der Waals surface area contributed by atoms with Gasteiger partial charge in [0.2, 0.25) is 0 Å². The van der Waals surface area contributed by atoms with Gasteiger partial charge in [-0.05, 0) is 28.9 Å². The molecule has 3 aromatic rings. The van der Waals surface area contributed by atoms with Gasteiger partial charge in [0.1, 0.15) is 6.10 Å². The third kappa shape index (κ3) is 3.98. The molecule has 0 radical (unpaired) electrons. The maximum absolute atomic E-state index is 12.5. The van der Waals surface area contributed by atoms with Crippen molar-refractivity contribution in [3.8, 4) is 5.88 Å². The van der Waals surface area contributed by atoms with Gasteiger partial charge in [0, 0.05) is 5.56 Å². The Morgan fingerprint density at radius 1 is 1.31 bits per heavy atom. The number of benzene rings is 2. The molecule has 134 valence electrons. The molecule has 0 aliphatic rings. The molecule has 0 saturated carbocycles. The monoisotopic (exact) mass is 371 g/mol. The average Bonchev–Trinajstić information content (AvgIpc) is 3.13. The first-order chi connectivity index (χ1) is 12.6. The first kappa shape index (κ1) is 17.8. The van der Waals surface area contributed by atoms with Gasteiger partial charge in [-0.25, -0.2) is 0 Å². The predicted molar refractivity (Wildman–Crippen MR) is 99.5 cm³/mol. The largest absolute Gasteiger partial charge is 0.471 e. The van der Waals surface area contributed by atoms with E-state index in [0.717, 1.165) is 10.8 Å². The molecule has 26 heavy (non-hydrogen) atoms. The van der Waals surface area contributed by atoms with Gasteiger partial charge < -0.3 is 14.6 Å². The number of aromatic nitrogens is 1. The highest BCUT2D eigenvalue weighted by atomic mass is 32.1. The first-order valence-corrected chi connectivity index (χ1v) is 8.33. The van der Waals surface area contributed by atoms with Crippen molar-refractivity contribution in [3.05, 3.63) is 59.9 Å². The van der Waals surface area contributed by atoms with Crippen LogP contribution in [0, 0.1) is 0 Å². The summed E-state index contributed by atoms with van der Waals surface area (Å²) in [6.45, 7) is 2.08. The zero-order chi connectivity index (χ0) is 18.5. The summed E-state index contributed by atoms with van der Waals surface area (Å²) in [5, 5.41) is 17.2. The molecule has 1 heterocycles. The van der Waals surface area contributed by atoms with Crippen LogP contribution in [0.25, 0.3) is 10.8 Å². The second-order valence-electron chi connectivity index (χ2n) is 5.64. The average molecular weight is 371 g/mol. The normalized spacial score (nSPS) is 11.8. The molecule has 7 nitrogen and oxygen atoms in total. The van der Waals surface area contributed by atoms with Crippen LogP contribution in [0.1, 0.15) is 23.0 Å². The number of nitrogens with zero attached hydrogens (tertiary/aromatic N) is 1. The minimum Gasteiger partial charge on any atom is -0.471 e. The van der Waals surface area contributed by atoms with E-state index in [4.69, 9.17) is 26.7 Å². The summed E-state index contributed by atoms with van der Waals surface area (Å²) in [5.74, 6) is 0.220. The standard InChI is InChI=1S/C18H17N3O4S/c1-11(24-16-9-15(25-21-16)18(26)20-23)10-19-17(22)14-8-4-6-12-5-2-3-7-13(12)14/h2-9,11,23H,10H2,1H3,(H,19,22)(H,20,26)/t11-/m1/s1. The van der Waals surface area contributed by atoms with Gasteiger partial charge in [-0.1, -0.05) is 48.6 Å². The molecule has 0 saturated heterocycles. The minimum atomic E-state index is -0.345. The third-order valence-corrected chi connectivity index (χ3v) is 4.01. The van der Waals surface area contributed by atoms with Crippen LogP contribution in [0.2, 0.25) is 0 Å². The maximum Gasteiger partial charge on any atom is 0.255 e. The fourth-order valence-corrected chi connectivity index (χ4v) is 2.58. The van der Waals surface area contributed by atoms with Crippen LogP contribution in [-0.4, -0.2) is 33.9 Å². The Kier molecular flexibility index (Phi) is 5.45. The van der Waals surface area contributed by atoms with Crippen LogP contribution >= 0.6 is 12.2 Å². The van der Waals surface area contributed by atoms with Crippen molar-refractivity contribution in [2.24, 2.45) is 0 Å². The van der Waals surface area contributed by atoms with E-state index in [1.54, 1.807) is 18.5 Å². The van der Waals surface area contributed by atoms with E-state index < -0.39 is 0 Å². The fourth-order valence-electron chi connectivity index (χ4n) is 2.48. The number of carbonyl (C=O) groups excluding carboxylic acids is 1. The Labute approximate surface area is 154 Å². The van der Waals surface area contributed by atoms with E-state index in [-0.39, 0.29) is 35.2 Å². The molecule has 2 aromatic carbocycles. The Bertz CT molecular complexity index is 936. The molecule has 1 aromatic heterocycles. The molecular formula is C18H17N3O4S. The number of rotatable bonds is 6. The van der Waals surface area contributed by atoms with Crippen molar-refractivity contribution in [2.75, 3.05) is 6.54 Å². The Balaban J connectivity index is 1.60. The van der Waals surface area contributed by atoms with E-state index in [9.17, 15) is 4.79 Å².